The van der Waals surface area contributed by atoms with Gasteiger partial charge in [-0.15, -0.1) is 0 Å². The Morgan fingerprint density at radius 2 is 1.80 bits per heavy atom. The maximum absolute atomic E-state index is 12.4. The third-order valence-corrected chi connectivity index (χ3v) is 4.81. The lowest BCUT2D eigenvalue weighted by Gasteiger charge is -2.09. The number of benzene rings is 3. The first kappa shape index (κ1) is 15.8. The van der Waals surface area contributed by atoms with Gasteiger partial charge in [-0.3, -0.25) is 4.98 Å². The monoisotopic (exact) mass is 391 g/mol. The molecule has 0 unspecified atom stereocenters. The highest BCUT2D eigenvalue weighted by atomic mass is 79.9. The molecular weight excluding hydrogens is 378 g/mol. The van der Waals surface area contributed by atoms with E-state index in [2.05, 4.69) is 20.9 Å². The lowest BCUT2D eigenvalue weighted by molar-refractivity contribution is 0.0473. The maximum atomic E-state index is 12.4. The second kappa shape index (κ2) is 6.65. The molecule has 0 fully saturated rings. The summed E-state index contributed by atoms with van der Waals surface area (Å²) in [5.74, 6) is -0.326. The first-order chi connectivity index (χ1) is 12.2. The number of esters is 1. The molecule has 0 bridgehead atoms. The molecule has 0 N–H and O–H groups in total. The molecule has 25 heavy (non-hydrogen) atoms. The SMILES string of the molecule is O=C(OCc1ccccc1)c1ccc2c(c1)cc(Br)c1ccncc12. The minimum atomic E-state index is -0.326. The van der Waals surface area contributed by atoms with Gasteiger partial charge in [0.2, 0.25) is 0 Å². The third-order valence-electron chi connectivity index (χ3n) is 4.15. The Morgan fingerprint density at radius 3 is 2.64 bits per heavy atom. The number of ether oxygens (including phenoxy) is 1. The summed E-state index contributed by atoms with van der Waals surface area (Å²) in [6, 6.07) is 19.3. The summed E-state index contributed by atoms with van der Waals surface area (Å²) < 4.78 is 6.40. The topological polar surface area (TPSA) is 39.2 Å². The van der Waals surface area contributed by atoms with Crippen molar-refractivity contribution in [2.24, 2.45) is 0 Å². The average molecular weight is 392 g/mol. The summed E-state index contributed by atoms with van der Waals surface area (Å²) in [6.07, 6.45) is 3.62. The van der Waals surface area contributed by atoms with Crippen molar-refractivity contribution in [2.45, 2.75) is 6.61 Å². The second-order valence-corrected chi connectivity index (χ2v) is 6.63. The van der Waals surface area contributed by atoms with Gasteiger partial charge in [0.05, 0.1) is 5.56 Å². The van der Waals surface area contributed by atoms with Crippen molar-refractivity contribution < 1.29 is 9.53 Å². The number of carbonyl (C=O) groups is 1. The zero-order chi connectivity index (χ0) is 17.2. The molecule has 0 saturated heterocycles. The molecule has 0 atom stereocenters. The van der Waals surface area contributed by atoms with Gasteiger partial charge in [0, 0.05) is 22.3 Å². The molecule has 3 aromatic carbocycles. The van der Waals surface area contributed by atoms with Crippen LogP contribution < -0.4 is 0 Å². The molecule has 0 spiro atoms. The van der Waals surface area contributed by atoms with E-state index < -0.39 is 0 Å². The number of nitrogens with zero attached hydrogens (tertiary/aromatic N) is 1. The zero-order valence-electron chi connectivity index (χ0n) is 13.3. The van der Waals surface area contributed by atoms with Crippen LogP contribution in [0.2, 0.25) is 0 Å². The van der Waals surface area contributed by atoms with Crippen LogP contribution >= 0.6 is 15.9 Å². The van der Waals surface area contributed by atoms with Gasteiger partial charge in [-0.1, -0.05) is 52.3 Å². The third kappa shape index (κ3) is 3.13. The number of hydrogen-bond acceptors (Lipinski definition) is 3. The van der Waals surface area contributed by atoms with E-state index in [1.165, 1.54) is 0 Å². The van der Waals surface area contributed by atoms with Crippen LogP contribution in [0.5, 0.6) is 0 Å². The van der Waals surface area contributed by atoms with Crippen molar-refractivity contribution in [3.8, 4) is 0 Å². The van der Waals surface area contributed by atoms with Gasteiger partial charge in [-0.05, 0) is 46.0 Å². The fraction of sp³-hybridized carbons (Fsp3) is 0.0476. The van der Waals surface area contributed by atoms with E-state index in [9.17, 15) is 4.79 Å². The lowest BCUT2D eigenvalue weighted by atomic mass is 10.0. The van der Waals surface area contributed by atoms with Crippen LogP contribution in [0.25, 0.3) is 21.5 Å². The highest BCUT2D eigenvalue weighted by molar-refractivity contribution is 9.10. The molecule has 4 heteroatoms. The second-order valence-electron chi connectivity index (χ2n) is 5.78. The predicted molar refractivity (Wildman–Crippen MR) is 103 cm³/mol. The van der Waals surface area contributed by atoms with Crippen molar-refractivity contribution in [2.75, 3.05) is 0 Å². The Morgan fingerprint density at radius 1 is 0.960 bits per heavy atom. The van der Waals surface area contributed by atoms with E-state index in [0.29, 0.717) is 5.56 Å². The van der Waals surface area contributed by atoms with E-state index in [1.807, 2.05) is 60.8 Å². The molecular formula is C21H14BrNO2. The number of rotatable bonds is 3. The van der Waals surface area contributed by atoms with E-state index in [-0.39, 0.29) is 12.6 Å². The maximum Gasteiger partial charge on any atom is 0.338 e. The van der Waals surface area contributed by atoms with Crippen LogP contribution in [-0.2, 0) is 11.3 Å². The number of fused-ring (bicyclic) bond motifs is 3. The molecule has 4 rings (SSSR count). The van der Waals surface area contributed by atoms with Crippen LogP contribution in [0, 0.1) is 0 Å². The highest BCUT2D eigenvalue weighted by Gasteiger charge is 2.11. The van der Waals surface area contributed by atoms with Gasteiger partial charge in [-0.25, -0.2) is 4.79 Å². The van der Waals surface area contributed by atoms with Crippen molar-refractivity contribution in [3.05, 3.63) is 88.7 Å². The number of halogens is 1. The largest absolute Gasteiger partial charge is 0.457 e. The molecule has 122 valence electrons. The van der Waals surface area contributed by atoms with E-state index in [1.54, 1.807) is 12.3 Å². The Labute approximate surface area is 153 Å². The molecule has 1 aromatic heterocycles. The number of carbonyl (C=O) groups excluding carboxylic acids is 1. The fourth-order valence-electron chi connectivity index (χ4n) is 2.89. The van der Waals surface area contributed by atoms with E-state index in [0.717, 1.165) is 31.6 Å². The Bertz CT molecular complexity index is 1080. The summed E-state index contributed by atoms with van der Waals surface area (Å²) in [5.41, 5.74) is 1.51. The standard InChI is InChI=1S/C21H14BrNO2/c22-20-11-16-10-15(21(24)25-13-14-4-2-1-3-5-14)6-7-17(16)19-12-23-9-8-18(19)20/h1-12H,13H2. The van der Waals surface area contributed by atoms with Crippen LogP contribution in [0.3, 0.4) is 0 Å². The zero-order valence-corrected chi connectivity index (χ0v) is 14.9. The molecule has 0 aliphatic carbocycles. The fourth-order valence-corrected chi connectivity index (χ4v) is 3.48. The summed E-state index contributed by atoms with van der Waals surface area (Å²) in [6.45, 7) is 0.267. The van der Waals surface area contributed by atoms with Crippen LogP contribution in [0.15, 0.2) is 77.5 Å². The highest BCUT2D eigenvalue weighted by Crippen LogP contribution is 2.32. The Balaban J connectivity index is 1.67. The predicted octanol–water partition coefficient (Wildman–Crippen LogP) is 5.51. The molecule has 0 aliphatic rings. The van der Waals surface area contributed by atoms with E-state index >= 15 is 0 Å². The quantitative estimate of drug-likeness (QED) is 0.341. The molecule has 4 aromatic rings. The molecule has 3 nitrogen and oxygen atoms in total. The molecule has 0 saturated carbocycles. The molecule has 0 radical (unpaired) electrons. The summed E-state index contributed by atoms with van der Waals surface area (Å²) in [7, 11) is 0. The van der Waals surface area contributed by atoms with Crippen molar-refractivity contribution in [1.29, 1.82) is 0 Å². The first-order valence-electron chi connectivity index (χ1n) is 7.89. The minimum Gasteiger partial charge on any atom is -0.457 e. The smallest absolute Gasteiger partial charge is 0.338 e. The van der Waals surface area contributed by atoms with Crippen molar-refractivity contribution >= 4 is 43.4 Å². The van der Waals surface area contributed by atoms with E-state index in [4.69, 9.17) is 4.74 Å². The van der Waals surface area contributed by atoms with Gasteiger partial charge in [0.1, 0.15) is 6.61 Å². The Hall–Kier alpha value is -2.72. The van der Waals surface area contributed by atoms with Crippen LogP contribution in [0.1, 0.15) is 15.9 Å². The summed E-state index contributed by atoms with van der Waals surface area (Å²) >= 11 is 3.60. The van der Waals surface area contributed by atoms with Gasteiger partial charge in [-0.2, -0.15) is 0 Å². The summed E-state index contributed by atoms with van der Waals surface area (Å²) in [4.78, 5) is 16.6. The molecule has 0 aliphatic heterocycles. The number of aromatic nitrogens is 1. The average Bonchev–Trinajstić information content (AvgIpc) is 2.67. The first-order valence-corrected chi connectivity index (χ1v) is 8.69. The van der Waals surface area contributed by atoms with Gasteiger partial charge >= 0.3 is 5.97 Å². The number of hydrogen-bond donors (Lipinski definition) is 0. The van der Waals surface area contributed by atoms with Gasteiger partial charge < -0.3 is 4.74 Å². The van der Waals surface area contributed by atoms with Crippen molar-refractivity contribution in [3.63, 3.8) is 0 Å². The van der Waals surface area contributed by atoms with Crippen LogP contribution in [-0.4, -0.2) is 11.0 Å². The number of pyridine rings is 1. The van der Waals surface area contributed by atoms with Gasteiger partial charge in [0.15, 0.2) is 0 Å². The molecule has 1 heterocycles. The normalized spacial score (nSPS) is 10.9. The summed E-state index contributed by atoms with van der Waals surface area (Å²) in [5, 5.41) is 4.19. The minimum absolute atomic E-state index is 0.267. The van der Waals surface area contributed by atoms with Crippen LogP contribution in [0.4, 0.5) is 0 Å². The van der Waals surface area contributed by atoms with Crippen molar-refractivity contribution in [1.82, 2.24) is 4.98 Å². The lowest BCUT2D eigenvalue weighted by Crippen LogP contribution is -2.05. The Kier molecular flexibility index (Phi) is 4.20. The molecule has 0 amide bonds. The van der Waals surface area contributed by atoms with Gasteiger partial charge in [0.25, 0.3) is 0 Å².